The molecular weight excluding hydrogens is 448 g/mol. The van der Waals surface area contributed by atoms with Crippen molar-refractivity contribution in [3.8, 4) is 16.9 Å². The van der Waals surface area contributed by atoms with E-state index in [1.54, 1.807) is 7.11 Å². The third kappa shape index (κ3) is 6.61. The second kappa shape index (κ2) is 12.6. The lowest BCUT2D eigenvalue weighted by Gasteiger charge is -2.22. The van der Waals surface area contributed by atoms with Crippen molar-refractivity contribution in [3.63, 3.8) is 0 Å². The molecule has 3 aromatic rings. The molecule has 0 atom stereocenters. The van der Waals surface area contributed by atoms with Gasteiger partial charge in [-0.15, -0.1) is 10.2 Å². The summed E-state index contributed by atoms with van der Waals surface area (Å²) in [7, 11) is 1.67. The molecule has 7 nitrogen and oxygen atoms in total. The van der Waals surface area contributed by atoms with Crippen LogP contribution in [0.15, 0.2) is 59.8 Å². The van der Waals surface area contributed by atoms with Crippen molar-refractivity contribution in [2.24, 2.45) is 0 Å². The molecular formula is C26H32N4O3S. The Hall–Kier alpha value is -2.84. The summed E-state index contributed by atoms with van der Waals surface area (Å²) in [6.45, 7) is 1.39. The summed E-state index contributed by atoms with van der Waals surface area (Å²) in [5.41, 5.74) is 2.12. The molecule has 34 heavy (non-hydrogen) atoms. The van der Waals surface area contributed by atoms with Crippen LogP contribution in [0.4, 0.5) is 0 Å². The van der Waals surface area contributed by atoms with Gasteiger partial charge in [0.2, 0.25) is 5.91 Å². The van der Waals surface area contributed by atoms with Crippen LogP contribution in [0.2, 0.25) is 0 Å². The van der Waals surface area contributed by atoms with Crippen LogP contribution in [0.1, 0.15) is 37.9 Å². The quantitative estimate of drug-likeness (QED) is 0.401. The molecule has 0 radical (unpaired) electrons. The maximum Gasteiger partial charge on any atom is 0.230 e. The summed E-state index contributed by atoms with van der Waals surface area (Å²) >= 11 is 1.40. The number of carbonyl (C=O) groups excluding carboxylic acids is 1. The van der Waals surface area contributed by atoms with Gasteiger partial charge in [0.05, 0.1) is 12.4 Å². The van der Waals surface area contributed by atoms with E-state index in [-0.39, 0.29) is 12.5 Å². The fourth-order valence-corrected chi connectivity index (χ4v) is 4.97. The minimum absolute atomic E-state index is 0.0489. The molecule has 1 aromatic heterocycles. The van der Waals surface area contributed by atoms with Crippen molar-refractivity contribution in [1.29, 1.82) is 0 Å². The molecule has 1 amide bonds. The van der Waals surface area contributed by atoms with Gasteiger partial charge in [-0.3, -0.25) is 4.79 Å². The largest absolute Gasteiger partial charge is 0.485 e. The molecule has 1 fully saturated rings. The van der Waals surface area contributed by atoms with E-state index in [0.717, 1.165) is 29.7 Å². The van der Waals surface area contributed by atoms with Gasteiger partial charge in [-0.05, 0) is 24.5 Å². The van der Waals surface area contributed by atoms with E-state index < -0.39 is 0 Å². The second-order valence-electron chi connectivity index (χ2n) is 8.39. The lowest BCUT2D eigenvalue weighted by molar-refractivity contribution is -0.119. The zero-order valence-corrected chi connectivity index (χ0v) is 20.4. The summed E-state index contributed by atoms with van der Waals surface area (Å²) in [6, 6.07) is 18.4. The fraction of sp³-hybridized carbons (Fsp3) is 0.423. The number of carbonyl (C=O) groups is 1. The molecule has 1 heterocycles. The number of aromatic nitrogens is 3. The van der Waals surface area contributed by atoms with Crippen molar-refractivity contribution in [2.75, 3.05) is 19.5 Å². The van der Waals surface area contributed by atoms with Crippen LogP contribution in [0.3, 0.4) is 0 Å². The van der Waals surface area contributed by atoms with E-state index in [1.807, 2.05) is 47.0 Å². The summed E-state index contributed by atoms with van der Waals surface area (Å²) in [6.07, 6.45) is 5.81. The summed E-state index contributed by atoms with van der Waals surface area (Å²) in [5.74, 6) is 1.86. The van der Waals surface area contributed by atoms with Crippen molar-refractivity contribution < 1.29 is 14.3 Å². The van der Waals surface area contributed by atoms with Crippen LogP contribution in [0.5, 0.6) is 5.75 Å². The van der Waals surface area contributed by atoms with Gasteiger partial charge < -0.3 is 19.4 Å². The first kappa shape index (κ1) is 24.3. The SMILES string of the molecule is COCCn1c(COc2ccccc2-c2ccccc2)nnc1SCC(=O)NC1CCCCC1. The standard InChI is InChI=1S/C26H32N4O3S/c1-32-17-16-30-24(18-33-23-15-9-8-14-22(23)20-10-4-2-5-11-20)28-29-26(30)34-19-25(31)27-21-12-6-3-7-13-21/h2,4-5,8-11,14-15,21H,3,6-7,12-13,16-19H2,1H3,(H,27,31). The van der Waals surface area contributed by atoms with Crippen molar-refractivity contribution >= 4 is 17.7 Å². The van der Waals surface area contributed by atoms with E-state index in [0.29, 0.717) is 35.9 Å². The average molecular weight is 481 g/mol. The third-order valence-electron chi connectivity index (χ3n) is 5.94. The average Bonchev–Trinajstić information content (AvgIpc) is 3.27. The van der Waals surface area contributed by atoms with Crippen LogP contribution in [-0.4, -0.2) is 46.2 Å². The number of rotatable bonds is 11. The first-order valence-electron chi connectivity index (χ1n) is 11.8. The van der Waals surface area contributed by atoms with Gasteiger partial charge in [0, 0.05) is 25.3 Å². The van der Waals surface area contributed by atoms with Gasteiger partial charge in [-0.2, -0.15) is 0 Å². The molecule has 0 unspecified atom stereocenters. The fourth-order valence-electron chi connectivity index (χ4n) is 4.18. The highest BCUT2D eigenvalue weighted by Gasteiger charge is 2.18. The minimum Gasteiger partial charge on any atom is -0.485 e. The Morgan fingerprint density at radius 2 is 1.82 bits per heavy atom. The van der Waals surface area contributed by atoms with Gasteiger partial charge in [-0.25, -0.2) is 0 Å². The van der Waals surface area contributed by atoms with Crippen LogP contribution in [0, 0.1) is 0 Å². The number of hydrogen-bond acceptors (Lipinski definition) is 6. The van der Waals surface area contributed by atoms with E-state index in [1.165, 1.54) is 31.0 Å². The number of ether oxygens (including phenoxy) is 2. The van der Waals surface area contributed by atoms with Crippen molar-refractivity contribution in [2.45, 2.75) is 56.5 Å². The topological polar surface area (TPSA) is 78.3 Å². The second-order valence-corrected chi connectivity index (χ2v) is 9.33. The van der Waals surface area contributed by atoms with E-state index >= 15 is 0 Å². The van der Waals surface area contributed by atoms with Crippen LogP contribution < -0.4 is 10.1 Å². The van der Waals surface area contributed by atoms with Crippen LogP contribution in [0.25, 0.3) is 11.1 Å². The molecule has 1 N–H and O–H groups in total. The summed E-state index contributed by atoms with van der Waals surface area (Å²) in [5, 5.41) is 12.6. The normalized spacial score (nSPS) is 14.1. The molecule has 4 rings (SSSR count). The Morgan fingerprint density at radius 1 is 1.06 bits per heavy atom. The minimum atomic E-state index is 0.0489. The predicted octanol–water partition coefficient (Wildman–Crippen LogP) is 4.71. The van der Waals surface area contributed by atoms with Gasteiger partial charge in [-0.1, -0.05) is 79.6 Å². The van der Waals surface area contributed by atoms with Crippen molar-refractivity contribution in [1.82, 2.24) is 20.1 Å². The summed E-state index contributed by atoms with van der Waals surface area (Å²) in [4.78, 5) is 12.5. The number of thioether (sulfide) groups is 1. The van der Waals surface area contributed by atoms with Gasteiger partial charge in [0.25, 0.3) is 0 Å². The Kier molecular flexibility index (Phi) is 8.98. The molecule has 1 aliphatic rings. The lowest BCUT2D eigenvalue weighted by Crippen LogP contribution is -2.37. The Balaban J connectivity index is 1.41. The predicted molar refractivity (Wildman–Crippen MR) is 134 cm³/mol. The molecule has 2 aromatic carbocycles. The lowest BCUT2D eigenvalue weighted by atomic mass is 9.95. The molecule has 1 saturated carbocycles. The number of hydrogen-bond donors (Lipinski definition) is 1. The number of methoxy groups -OCH3 is 1. The Bertz CT molecular complexity index is 1050. The maximum atomic E-state index is 12.5. The van der Waals surface area contributed by atoms with E-state index in [4.69, 9.17) is 9.47 Å². The maximum absolute atomic E-state index is 12.5. The summed E-state index contributed by atoms with van der Waals surface area (Å²) < 4.78 is 13.4. The molecule has 0 saturated heterocycles. The van der Waals surface area contributed by atoms with Gasteiger partial charge >= 0.3 is 0 Å². The van der Waals surface area contributed by atoms with Crippen LogP contribution in [-0.2, 0) is 22.7 Å². The zero-order valence-electron chi connectivity index (χ0n) is 19.6. The third-order valence-corrected chi connectivity index (χ3v) is 6.91. The number of benzene rings is 2. The van der Waals surface area contributed by atoms with Gasteiger partial charge in [0.15, 0.2) is 11.0 Å². The molecule has 0 spiro atoms. The molecule has 0 bridgehead atoms. The van der Waals surface area contributed by atoms with E-state index in [2.05, 4.69) is 27.6 Å². The van der Waals surface area contributed by atoms with E-state index in [9.17, 15) is 4.79 Å². The van der Waals surface area contributed by atoms with Gasteiger partial charge in [0.1, 0.15) is 12.4 Å². The number of para-hydroxylation sites is 1. The highest BCUT2D eigenvalue weighted by atomic mass is 32.2. The molecule has 1 aliphatic carbocycles. The zero-order chi connectivity index (χ0) is 23.6. The smallest absolute Gasteiger partial charge is 0.230 e. The Labute approximate surface area is 205 Å². The first-order valence-corrected chi connectivity index (χ1v) is 12.8. The number of nitrogens with zero attached hydrogens (tertiary/aromatic N) is 3. The van der Waals surface area contributed by atoms with Crippen molar-refractivity contribution in [3.05, 3.63) is 60.4 Å². The Morgan fingerprint density at radius 3 is 2.62 bits per heavy atom. The highest BCUT2D eigenvalue weighted by molar-refractivity contribution is 7.99. The highest BCUT2D eigenvalue weighted by Crippen LogP contribution is 2.30. The molecule has 180 valence electrons. The number of amides is 1. The molecule has 0 aliphatic heterocycles. The first-order chi connectivity index (χ1) is 16.7. The monoisotopic (exact) mass is 480 g/mol. The van der Waals surface area contributed by atoms with Crippen LogP contribution >= 0.6 is 11.8 Å². The molecule has 8 heteroatoms. The number of nitrogens with one attached hydrogen (secondary N) is 1.